The highest BCUT2D eigenvalue weighted by molar-refractivity contribution is 5.94. The van der Waals surface area contributed by atoms with E-state index in [2.05, 4.69) is 10.6 Å². The van der Waals surface area contributed by atoms with E-state index >= 15 is 4.39 Å². The largest absolute Gasteiger partial charge is 0.458 e. The fourth-order valence-electron chi connectivity index (χ4n) is 7.10. The summed E-state index contributed by atoms with van der Waals surface area (Å²) in [6.07, 6.45) is 2.66. The van der Waals surface area contributed by atoms with Gasteiger partial charge < -0.3 is 25.0 Å². The number of cyclic esters (lactones) is 1. The number of rotatable bonds is 4. The second-order valence-electron chi connectivity index (χ2n) is 11.5. The monoisotopic (exact) mass is 546 g/mol. The average Bonchev–Trinajstić information content (AvgIpc) is 3.58. The van der Waals surface area contributed by atoms with E-state index in [1.807, 2.05) is 0 Å². The molecular weight excluding hydrogens is 515 g/mol. The van der Waals surface area contributed by atoms with E-state index in [4.69, 9.17) is 9.72 Å². The summed E-state index contributed by atoms with van der Waals surface area (Å²) < 4.78 is 21.8. The number of esters is 1. The molecule has 3 aliphatic heterocycles. The van der Waals surface area contributed by atoms with Crippen LogP contribution in [0.25, 0.3) is 22.3 Å². The number of aryl methyl sites for hydroxylation is 1. The number of ether oxygens (including phenoxy) is 1. The van der Waals surface area contributed by atoms with E-state index in [0.29, 0.717) is 47.6 Å². The SMILES string of the molecule is CC[C@@]1(O)C(=O)OCc2c1cc1n(c2=O)Cc2c-1nc1cc(F)c(C)c3c1c2[C@@H](NC(=O)C[C@@H]1CCNC1)CC3. The average molecular weight is 547 g/mol. The van der Waals surface area contributed by atoms with Crippen molar-refractivity contribution in [3.05, 3.63) is 61.7 Å². The Morgan fingerprint density at radius 3 is 2.85 bits per heavy atom. The number of hydrogen-bond acceptors (Lipinski definition) is 7. The summed E-state index contributed by atoms with van der Waals surface area (Å²) in [6.45, 7) is 5.18. The van der Waals surface area contributed by atoms with Gasteiger partial charge in [0.2, 0.25) is 5.91 Å². The molecule has 3 N–H and O–H groups in total. The Morgan fingerprint density at radius 2 is 2.10 bits per heavy atom. The molecular formula is C30H31FN4O5. The molecule has 0 unspecified atom stereocenters. The van der Waals surface area contributed by atoms with Crippen molar-refractivity contribution < 1.29 is 23.8 Å². The van der Waals surface area contributed by atoms with Gasteiger partial charge in [0.05, 0.1) is 35.1 Å². The normalized spacial score (nSPS) is 24.4. The summed E-state index contributed by atoms with van der Waals surface area (Å²) >= 11 is 0. The Labute approximate surface area is 229 Å². The van der Waals surface area contributed by atoms with E-state index < -0.39 is 11.6 Å². The summed E-state index contributed by atoms with van der Waals surface area (Å²) in [5, 5.41) is 18.6. The zero-order valence-electron chi connectivity index (χ0n) is 22.5. The maximum absolute atomic E-state index is 15.1. The molecule has 10 heteroatoms. The summed E-state index contributed by atoms with van der Waals surface area (Å²) in [4.78, 5) is 44.3. The third kappa shape index (κ3) is 3.51. The lowest BCUT2D eigenvalue weighted by molar-refractivity contribution is -0.172. The molecule has 0 bridgehead atoms. The fourth-order valence-corrected chi connectivity index (χ4v) is 7.10. The van der Waals surface area contributed by atoms with Crippen molar-refractivity contribution in [3.63, 3.8) is 0 Å². The molecule has 1 aliphatic carbocycles. The molecule has 4 aliphatic rings. The van der Waals surface area contributed by atoms with E-state index in [1.165, 1.54) is 6.07 Å². The van der Waals surface area contributed by atoms with Crippen LogP contribution in [-0.4, -0.2) is 39.6 Å². The third-order valence-electron chi connectivity index (χ3n) is 9.35. The van der Waals surface area contributed by atoms with Gasteiger partial charge in [-0.1, -0.05) is 6.92 Å². The van der Waals surface area contributed by atoms with Gasteiger partial charge in [0.25, 0.3) is 5.56 Å². The lowest BCUT2D eigenvalue weighted by Gasteiger charge is -2.31. The van der Waals surface area contributed by atoms with Crippen LogP contribution in [0, 0.1) is 18.7 Å². The molecule has 0 radical (unpaired) electrons. The molecule has 1 aromatic carbocycles. The number of amides is 1. The van der Waals surface area contributed by atoms with Crippen molar-refractivity contribution in [1.82, 2.24) is 20.2 Å². The number of carbonyl (C=O) groups is 2. The highest BCUT2D eigenvalue weighted by Crippen LogP contribution is 2.46. The first kappa shape index (κ1) is 25.3. The van der Waals surface area contributed by atoms with Crippen LogP contribution in [0.1, 0.15) is 72.0 Å². The Kier molecular flexibility index (Phi) is 5.66. The number of aliphatic hydroxyl groups is 1. The van der Waals surface area contributed by atoms with Gasteiger partial charge in [-0.25, -0.2) is 14.2 Å². The number of hydrogen-bond donors (Lipinski definition) is 3. The minimum Gasteiger partial charge on any atom is -0.458 e. The maximum Gasteiger partial charge on any atom is 0.343 e. The molecule has 3 aromatic rings. The molecule has 3 atom stereocenters. The highest BCUT2D eigenvalue weighted by atomic mass is 19.1. The molecule has 1 amide bonds. The van der Waals surface area contributed by atoms with Gasteiger partial charge >= 0.3 is 5.97 Å². The van der Waals surface area contributed by atoms with Crippen LogP contribution in [0.2, 0.25) is 0 Å². The smallest absolute Gasteiger partial charge is 0.343 e. The van der Waals surface area contributed by atoms with Gasteiger partial charge in [0.15, 0.2) is 5.60 Å². The predicted molar refractivity (Wildman–Crippen MR) is 144 cm³/mol. The van der Waals surface area contributed by atoms with Crippen molar-refractivity contribution in [2.45, 2.75) is 70.7 Å². The van der Waals surface area contributed by atoms with Gasteiger partial charge in [-0.3, -0.25) is 9.59 Å². The molecule has 9 nitrogen and oxygen atoms in total. The quantitative estimate of drug-likeness (QED) is 0.337. The van der Waals surface area contributed by atoms with Gasteiger partial charge in [-0.05, 0) is 74.4 Å². The highest BCUT2D eigenvalue weighted by Gasteiger charge is 2.46. The number of benzene rings is 1. The van der Waals surface area contributed by atoms with Crippen molar-refractivity contribution >= 4 is 22.8 Å². The lowest BCUT2D eigenvalue weighted by atomic mass is 9.81. The van der Waals surface area contributed by atoms with Crippen LogP contribution < -0.4 is 16.2 Å². The molecule has 0 saturated carbocycles. The van der Waals surface area contributed by atoms with E-state index in [9.17, 15) is 19.5 Å². The molecule has 5 heterocycles. The topological polar surface area (TPSA) is 123 Å². The first-order valence-corrected chi connectivity index (χ1v) is 14.0. The molecule has 2 aromatic heterocycles. The first-order valence-electron chi connectivity index (χ1n) is 14.0. The molecule has 0 spiro atoms. The van der Waals surface area contributed by atoms with E-state index in [-0.39, 0.29) is 54.0 Å². The van der Waals surface area contributed by atoms with E-state index in [0.717, 1.165) is 41.6 Å². The van der Waals surface area contributed by atoms with Gasteiger partial charge in [-0.15, -0.1) is 0 Å². The van der Waals surface area contributed by atoms with Crippen LogP contribution in [0.3, 0.4) is 0 Å². The Morgan fingerprint density at radius 1 is 1.27 bits per heavy atom. The Bertz CT molecular complexity index is 1690. The van der Waals surface area contributed by atoms with Gasteiger partial charge in [0.1, 0.15) is 12.4 Å². The summed E-state index contributed by atoms with van der Waals surface area (Å²) in [7, 11) is 0. The number of fused-ring (bicyclic) bond motifs is 5. The maximum atomic E-state index is 15.1. The van der Waals surface area contributed by atoms with Crippen LogP contribution in [-0.2, 0) is 39.5 Å². The van der Waals surface area contributed by atoms with Crippen molar-refractivity contribution in [3.8, 4) is 11.4 Å². The molecule has 1 fully saturated rings. The number of nitrogens with one attached hydrogen (secondary N) is 2. The number of pyridine rings is 2. The zero-order valence-corrected chi connectivity index (χ0v) is 22.5. The lowest BCUT2D eigenvalue weighted by Crippen LogP contribution is -2.44. The Hall–Kier alpha value is -3.63. The Balaban J connectivity index is 1.41. The zero-order chi connectivity index (χ0) is 27.9. The first-order chi connectivity index (χ1) is 19.2. The van der Waals surface area contributed by atoms with Crippen LogP contribution in [0.5, 0.6) is 0 Å². The van der Waals surface area contributed by atoms with Gasteiger partial charge in [-0.2, -0.15) is 0 Å². The summed E-state index contributed by atoms with van der Waals surface area (Å²) in [6, 6.07) is 2.77. The summed E-state index contributed by atoms with van der Waals surface area (Å²) in [5.74, 6) is -0.853. The number of carbonyl (C=O) groups excluding carboxylic acids is 2. The minimum absolute atomic E-state index is 0.0218. The number of halogens is 1. The standard InChI is InChI=1S/C30H31FN4O5/c1-3-30(39)19-9-23-27-17(12-35(23)28(37)18(19)13-40-29(30)38)26-21(33-24(36)8-15-6-7-32-11-15)5-4-16-14(2)20(31)10-22(34-27)25(16)26/h9-10,15,21,32,39H,3-8,11-13H2,1-2H3,(H,33,36)/t15-,21-,30-/m0/s1. The van der Waals surface area contributed by atoms with Crippen molar-refractivity contribution in [2.75, 3.05) is 13.1 Å². The number of nitrogens with zero attached hydrogens (tertiary/aromatic N) is 2. The van der Waals surface area contributed by atoms with E-state index in [1.54, 1.807) is 24.5 Å². The van der Waals surface area contributed by atoms with Crippen molar-refractivity contribution in [2.24, 2.45) is 5.92 Å². The van der Waals surface area contributed by atoms with Crippen LogP contribution in [0.4, 0.5) is 4.39 Å². The van der Waals surface area contributed by atoms with Crippen LogP contribution in [0.15, 0.2) is 16.9 Å². The molecule has 1 saturated heterocycles. The fraction of sp³-hybridized carbons (Fsp3) is 0.467. The predicted octanol–water partition coefficient (Wildman–Crippen LogP) is 2.63. The molecule has 7 rings (SSSR count). The van der Waals surface area contributed by atoms with Crippen molar-refractivity contribution in [1.29, 1.82) is 0 Å². The molecule has 208 valence electrons. The molecule has 40 heavy (non-hydrogen) atoms. The summed E-state index contributed by atoms with van der Waals surface area (Å²) in [5.41, 5.74) is 2.77. The second-order valence-corrected chi connectivity index (χ2v) is 11.5. The second kappa shape index (κ2) is 8.94. The van der Waals surface area contributed by atoms with Gasteiger partial charge in [0, 0.05) is 29.0 Å². The third-order valence-corrected chi connectivity index (χ3v) is 9.35. The number of aromatic nitrogens is 2. The van der Waals surface area contributed by atoms with Crippen LogP contribution >= 0.6 is 0 Å². The minimum atomic E-state index is -1.93.